The van der Waals surface area contributed by atoms with E-state index < -0.39 is 22.9 Å². The third kappa shape index (κ3) is 6.78. The molecule has 3 aliphatic rings. The molecule has 3 heterocycles. The number of aliphatic hydroxyl groups is 1. The number of nitro groups is 1. The molecular formula is C29H34N4O6S2. The molecule has 41 heavy (non-hydrogen) atoms. The third-order valence-electron chi connectivity index (χ3n) is 7.64. The Hall–Kier alpha value is -2.90. The number of fused-ring (bicyclic) bond motifs is 1. The number of amides is 1. The number of aliphatic hydroxyl groups excluding tert-OH is 1. The van der Waals surface area contributed by atoms with Crippen LogP contribution in [0.3, 0.4) is 0 Å². The third-order valence-corrected chi connectivity index (χ3v) is 10.3. The van der Waals surface area contributed by atoms with Crippen molar-refractivity contribution in [1.29, 1.82) is 0 Å². The predicted molar refractivity (Wildman–Crippen MR) is 159 cm³/mol. The summed E-state index contributed by atoms with van der Waals surface area (Å²) in [6.07, 6.45) is -0.301. The van der Waals surface area contributed by atoms with Gasteiger partial charge >= 0.3 is 5.97 Å². The largest absolute Gasteiger partial charge is 0.456 e. The lowest BCUT2D eigenvalue weighted by Crippen LogP contribution is -2.61. The fraction of sp³-hybridized carbons (Fsp3) is 0.448. The van der Waals surface area contributed by atoms with E-state index in [1.807, 2.05) is 13.0 Å². The van der Waals surface area contributed by atoms with Crippen LogP contribution in [0.5, 0.6) is 0 Å². The first-order valence-electron chi connectivity index (χ1n) is 13.8. The molecule has 0 unspecified atom stereocenters. The lowest BCUT2D eigenvalue weighted by atomic mass is 9.90. The Bertz CT molecular complexity index is 1280. The lowest BCUT2D eigenvalue weighted by molar-refractivity contribution is -0.384. The van der Waals surface area contributed by atoms with Crippen LogP contribution in [-0.4, -0.2) is 86.6 Å². The molecule has 2 saturated heterocycles. The summed E-state index contributed by atoms with van der Waals surface area (Å²) in [4.78, 5) is 43.0. The fourth-order valence-electron chi connectivity index (χ4n) is 5.22. The van der Waals surface area contributed by atoms with E-state index in [-0.39, 0.29) is 29.3 Å². The molecule has 0 aromatic heterocycles. The second kappa shape index (κ2) is 13.4. The number of nitro benzene ring substituents is 1. The van der Waals surface area contributed by atoms with Crippen molar-refractivity contribution in [3.63, 3.8) is 0 Å². The van der Waals surface area contributed by atoms with Gasteiger partial charge in [0.2, 0.25) is 5.91 Å². The van der Waals surface area contributed by atoms with Gasteiger partial charge in [-0.2, -0.15) is 0 Å². The van der Waals surface area contributed by atoms with Gasteiger partial charge < -0.3 is 9.84 Å². The van der Waals surface area contributed by atoms with Crippen molar-refractivity contribution in [3.05, 3.63) is 85.8 Å². The minimum Gasteiger partial charge on any atom is -0.456 e. The summed E-state index contributed by atoms with van der Waals surface area (Å²) in [6.45, 7) is 7.53. The Labute approximate surface area is 247 Å². The number of carbonyl (C=O) groups is 2. The van der Waals surface area contributed by atoms with Crippen molar-refractivity contribution in [1.82, 2.24) is 14.7 Å². The first-order valence-corrected chi connectivity index (χ1v) is 15.7. The molecule has 3 aliphatic heterocycles. The molecule has 0 aliphatic carbocycles. The standard InChI is InChI=1S/C29H34N4O6S2/c1-2-23(34)24-26(35)32-25(28(36)39-19-21-8-10-22(11-9-21)33(37)38)29(41-27(24)32)40-17-16-30-12-14-31(15-13-30)18-20-6-4-3-5-7-20/h3-11,23-24,27,34H,2,12-19H2,1H3/t23-,24+,27+/m0/s1. The quantitative estimate of drug-likeness (QED) is 0.168. The van der Waals surface area contributed by atoms with E-state index >= 15 is 0 Å². The minimum atomic E-state index is -0.759. The summed E-state index contributed by atoms with van der Waals surface area (Å²) in [5.74, 6) is -0.647. The molecule has 0 radical (unpaired) electrons. The van der Waals surface area contributed by atoms with Crippen LogP contribution in [0.15, 0.2) is 64.5 Å². The van der Waals surface area contributed by atoms with Crippen LogP contribution in [0.25, 0.3) is 0 Å². The second-order valence-corrected chi connectivity index (χ2v) is 12.8. The summed E-state index contributed by atoms with van der Waals surface area (Å²) in [5, 5.41) is 21.0. The summed E-state index contributed by atoms with van der Waals surface area (Å²) in [7, 11) is 0. The average molecular weight is 599 g/mol. The Morgan fingerprint density at radius 3 is 2.44 bits per heavy atom. The summed E-state index contributed by atoms with van der Waals surface area (Å²) in [6, 6.07) is 16.3. The number of benzene rings is 2. The number of rotatable bonds is 12. The number of esters is 1. The Kier molecular flexibility index (Phi) is 9.66. The highest BCUT2D eigenvalue weighted by Crippen LogP contribution is 2.54. The first-order chi connectivity index (χ1) is 19.9. The van der Waals surface area contributed by atoms with Crippen LogP contribution in [0.1, 0.15) is 24.5 Å². The smallest absolute Gasteiger partial charge is 0.357 e. The molecular weight excluding hydrogens is 564 g/mol. The lowest BCUT2D eigenvalue weighted by Gasteiger charge is -2.44. The molecule has 2 aromatic carbocycles. The molecule has 12 heteroatoms. The average Bonchev–Trinajstić information content (AvgIpc) is 3.31. The molecule has 0 bridgehead atoms. The SMILES string of the molecule is CC[C@H](O)[C@@H]1C(=O)N2C(C(=O)OCc3ccc([N+](=O)[O-])cc3)=C(SCCN3CCN(Cc4ccccc4)CC3)S[C@H]12. The number of non-ortho nitro benzene ring substituents is 1. The number of β-lactam (4-membered cyclic amide) rings is 1. The van der Waals surface area contributed by atoms with E-state index in [2.05, 4.69) is 34.1 Å². The topological polar surface area (TPSA) is 116 Å². The van der Waals surface area contributed by atoms with Crippen LogP contribution in [0, 0.1) is 16.0 Å². The highest BCUT2D eigenvalue weighted by molar-refractivity contribution is 8.22. The van der Waals surface area contributed by atoms with Gasteiger partial charge in [-0.25, -0.2) is 4.79 Å². The van der Waals surface area contributed by atoms with Gasteiger partial charge in [0.1, 0.15) is 12.0 Å². The zero-order valence-corrected chi connectivity index (χ0v) is 24.5. The number of piperazine rings is 1. The van der Waals surface area contributed by atoms with E-state index in [4.69, 9.17) is 4.74 Å². The Balaban J connectivity index is 1.18. The first kappa shape index (κ1) is 29.6. The molecule has 1 amide bonds. The Morgan fingerprint density at radius 2 is 1.78 bits per heavy atom. The number of hydrogen-bond donors (Lipinski definition) is 1. The van der Waals surface area contributed by atoms with Gasteiger partial charge in [-0.3, -0.25) is 29.6 Å². The van der Waals surface area contributed by atoms with Crippen LogP contribution in [-0.2, 0) is 27.5 Å². The van der Waals surface area contributed by atoms with E-state index in [9.17, 15) is 24.8 Å². The maximum Gasteiger partial charge on any atom is 0.357 e. The van der Waals surface area contributed by atoms with Crippen molar-refractivity contribution >= 4 is 41.1 Å². The zero-order chi connectivity index (χ0) is 28.9. The molecule has 10 nitrogen and oxygen atoms in total. The van der Waals surface area contributed by atoms with Crippen molar-refractivity contribution in [2.75, 3.05) is 38.5 Å². The molecule has 2 fully saturated rings. The minimum absolute atomic E-state index is 0.0409. The molecule has 3 atom stereocenters. The zero-order valence-electron chi connectivity index (χ0n) is 22.9. The van der Waals surface area contributed by atoms with Crippen LogP contribution in [0.2, 0.25) is 0 Å². The molecule has 2 aromatic rings. The molecule has 0 saturated carbocycles. The summed E-state index contributed by atoms with van der Waals surface area (Å²) in [5.41, 5.74) is 2.13. The van der Waals surface area contributed by atoms with E-state index in [1.54, 1.807) is 23.9 Å². The molecule has 1 N–H and O–H groups in total. The van der Waals surface area contributed by atoms with Gasteiger partial charge in [0, 0.05) is 57.2 Å². The van der Waals surface area contributed by atoms with E-state index in [0.29, 0.717) is 12.0 Å². The van der Waals surface area contributed by atoms with Gasteiger partial charge in [-0.15, -0.1) is 11.8 Å². The van der Waals surface area contributed by atoms with E-state index in [1.165, 1.54) is 34.4 Å². The predicted octanol–water partition coefficient (Wildman–Crippen LogP) is 3.66. The van der Waals surface area contributed by atoms with Crippen LogP contribution >= 0.6 is 23.5 Å². The highest BCUT2D eigenvalue weighted by Gasteiger charge is 2.58. The van der Waals surface area contributed by atoms with Gasteiger partial charge in [0.05, 0.1) is 21.2 Å². The van der Waals surface area contributed by atoms with Crippen molar-refractivity contribution in [2.24, 2.45) is 5.92 Å². The number of hydrogen-bond acceptors (Lipinski definition) is 10. The number of carbonyl (C=O) groups excluding carboxylic acids is 2. The van der Waals surface area contributed by atoms with Crippen LogP contribution in [0.4, 0.5) is 5.69 Å². The van der Waals surface area contributed by atoms with Gasteiger partial charge in [0.25, 0.3) is 5.69 Å². The monoisotopic (exact) mass is 598 g/mol. The Morgan fingerprint density at radius 1 is 1.10 bits per heavy atom. The van der Waals surface area contributed by atoms with Gasteiger partial charge in [-0.1, -0.05) is 49.0 Å². The molecule has 0 spiro atoms. The number of thioether (sulfide) groups is 2. The number of nitrogens with zero attached hydrogens (tertiary/aromatic N) is 4. The normalized spacial score (nSPS) is 21.9. The molecule has 218 valence electrons. The van der Waals surface area contributed by atoms with Crippen molar-refractivity contribution in [2.45, 2.75) is 38.0 Å². The van der Waals surface area contributed by atoms with Crippen molar-refractivity contribution < 1.29 is 24.4 Å². The maximum absolute atomic E-state index is 13.2. The number of ether oxygens (including phenoxy) is 1. The van der Waals surface area contributed by atoms with E-state index in [0.717, 1.165) is 49.3 Å². The molecule has 5 rings (SSSR count). The fourth-order valence-corrected chi connectivity index (χ4v) is 8.16. The van der Waals surface area contributed by atoms with Crippen LogP contribution < -0.4 is 0 Å². The van der Waals surface area contributed by atoms with Gasteiger partial charge in [-0.05, 0) is 29.7 Å². The second-order valence-electron chi connectivity index (χ2n) is 10.3. The maximum atomic E-state index is 13.2. The van der Waals surface area contributed by atoms with Crippen molar-refractivity contribution in [3.8, 4) is 0 Å². The van der Waals surface area contributed by atoms with Gasteiger partial charge in [0.15, 0.2) is 5.70 Å². The summed E-state index contributed by atoms with van der Waals surface area (Å²) < 4.78 is 6.30. The highest BCUT2D eigenvalue weighted by atomic mass is 32.2. The summed E-state index contributed by atoms with van der Waals surface area (Å²) >= 11 is 3.00.